The van der Waals surface area contributed by atoms with Crippen molar-refractivity contribution >= 4 is 11.9 Å². The van der Waals surface area contributed by atoms with Crippen LogP contribution in [0.1, 0.15) is 24.8 Å². The Bertz CT molecular complexity index is 547. The van der Waals surface area contributed by atoms with E-state index in [1.165, 1.54) is 38.3 Å². The van der Waals surface area contributed by atoms with Gasteiger partial charge in [-0.15, -0.1) is 0 Å². The zero-order valence-corrected chi connectivity index (χ0v) is 12.7. The number of nitrogens with one attached hydrogen (secondary N) is 1. The fourth-order valence-electron chi connectivity index (χ4n) is 2.09. The Morgan fingerprint density at radius 3 is 2.26 bits per heavy atom. The first-order valence-corrected chi connectivity index (χ1v) is 6.75. The third kappa shape index (κ3) is 5.24. The average molecular weight is 333 g/mol. The Morgan fingerprint density at radius 1 is 1.26 bits per heavy atom. The summed E-state index contributed by atoms with van der Waals surface area (Å²) < 4.78 is 44.3. The molecule has 0 spiro atoms. The number of halogens is 3. The molecular formula is C15H18F3NO4. The molecule has 0 fully saturated rings. The molecule has 128 valence electrons. The van der Waals surface area contributed by atoms with Crippen molar-refractivity contribution in [2.45, 2.75) is 31.0 Å². The van der Waals surface area contributed by atoms with E-state index in [4.69, 9.17) is 9.84 Å². The van der Waals surface area contributed by atoms with Crippen molar-refractivity contribution in [2.75, 3.05) is 13.7 Å². The molecule has 0 aromatic heterocycles. The highest BCUT2D eigenvalue weighted by molar-refractivity contribution is 5.87. The highest BCUT2D eigenvalue weighted by atomic mass is 19.4. The number of hydrogen-bond donors (Lipinski definition) is 2. The first kappa shape index (κ1) is 19.0. The Morgan fingerprint density at radius 2 is 1.83 bits per heavy atom. The van der Waals surface area contributed by atoms with Gasteiger partial charge in [-0.2, -0.15) is 13.2 Å². The number of carboxylic acids is 1. The van der Waals surface area contributed by atoms with E-state index in [-0.39, 0.29) is 12.2 Å². The van der Waals surface area contributed by atoms with Gasteiger partial charge in [-0.05, 0) is 12.5 Å². The highest BCUT2D eigenvalue weighted by Gasteiger charge is 2.43. The summed E-state index contributed by atoms with van der Waals surface area (Å²) in [6.07, 6.45) is -5.53. The third-order valence-electron chi connectivity index (χ3n) is 3.31. The minimum Gasteiger partial charge on any atom is -0.479 e. The monoisotopic (exact) mass is 333 g/mol. The summed E-state index contributed by atoms with van der Waals surface area (Å²) in [6.45, 7) is 0.804. The van der Waals surface area contributed by atoms with Crippen molar-refractivity contribution in [1.82, 2.24) is 5.32 Å². The van der Waals surface area contributed by atoms with Crippen molar-refractivity contribution in [1.29, 1.82) is 0 Å². The number of methoxy groups -OCH3 is 1. The van der Waals surface area contributed by atoms with Crippen LogP contribution in [0.25, 0.3) is 0 Å². The largest absolute Gasteiger partial charge is 0.479 e. The first-order chi connectivity index (χ1) is 10.6. The van der Waals surface area contributed by atoms with Crippen molar-refractivity contribution in [3.05, 3.63) is 35.9 Å². The molecule has 0 saturated carbocycles. The first-order valence-electron chi connectivity index (χ1n) is 6.75. The van der Waals surface area contributed by atoms with Gasteiger partial charge in [-0.1, -0.05) is 30.3 Å². The molecule has 0 radical (unpaired) electrons. The third-order valence-corrected chi connectivity index (χ3v) is 3.31. The van der Waals surface area contributed by atoms with Gasteiger partial charge in [0.05, 0.1) is 12.5 Å². The van der Waals surface area contributed by atoms with Crippen LogP contribution in [-0.4, -0.2) is 42.4 Å². The zero-order chi connectivity index (χ0) is 17.7. The number of carbonyl (C=O) groups is 2. The lowest BCUT2D eigenvalue weighted by molar-refractivity contribution is -0.159. The van der Waals surface area contributed by atoms with Gasteiger partial charge in [-0.25, -0.2) is 4.79 Å². The molecule has 0 saturated heterocycles. The summed E-state index contributed by atoms with van der Waals surface area (Å²) in [7, 11) is 1.23. The second-order valence-corrected chi connectivity index (χ2v) is 5.33. The number of carboxylic acid groups (broad SMARTS) is 1. The van der Waals surface area contributed by atoms with Crippen molar-refractivity contribution in [3.8, 4) is 0 Å². The molecule has 2 N–H and O–H groups in total. The lowest BCUT2D eigenvalue weighted by atomic mass is 9.94. The Balaban J connectivity index is 2.93. The molecule has 0 bridgehead atoms. The van der Waals surface area contributed by atoms with Gasteiger partial charge in [0.25, 0.3) is 0 Å². The molecule has 23 heavy (non-hydrogen) atoms. The quantitative estimate of drug-likeness (QED) is 0.803. The molecule has 8 heteroatoms. The normalized spacial score (nSPS) is 15.5. The van der Waals surface area contributed by atoms with Crippen LogP contribution in [0.15, 0.2) is 30.3 Å². The fraction of sp³-hybridized carbons (Fsp3) is 0.467. The number of benzene rings is 1. The maximum absolute atomic E-state index is 13.2. The van der Waals surface area contributed by atoms with E-state index in [1.807, 2.05) is 0 Å². The van der Waals surface area contributed by atoms with E-state index in [9.17, 15) is 22.8 Å². The molecule has 1 aromatic carbocycles. The van der Waals surface area contributed by atoms with E-state index >= 15 is 0 Å². The number of rotatable bonds is 7. The standard InChI is InChI=1S/C15H18F3NO4/c1-14(9-23-2,13(21)22)19-12(20)8-11(15(16,17)18)10-6-4-3-5-7-10/h3-7,11H,8-9H2,1-2H3,(H,19,20)(H,21,22). The van der Waals surface area contributed by atoms with Gasteiger partial charge < -0.3 is 15.2 Å². The SMILES string of the molecule is COCC(C)(NC(=O)CC(c1ccccc1)C(F)(F)F)C(=O)O. The van der Waals surface area contributed by atoms with Crippen LogP contribution < -0.4 is 5.32 Å². The number of aliphatic carboxylic acids is 1. The van der Waals surface area contributed by atoms with Crippen LogP contribution in [0.4, 0.5) is 13.2 Å². The molecule has 0 aliphatic rings. The van der Waals surface area contributed by atoms with Crippen LogP contribution in [0.3, 0.4) is 0 Å². The van der Waals surface area contributed by atoms with Crippen molar-refractivity contribution in [3.63, 3.8) is 0 Å². The molecule has 1 amide bonds. The van der Waals surface area contributed by atoms with E-state index in [0.717, 1.165) is 0 Å². The number of ether oxygens (including phenoxy) is 1. The molecule has 2 unspecified atom stereocenters. The van der Waals surface area contributed by atoms with Gasteiger partial charge in [-0.3, -0.25) is 4.79 Å². The average Bonchev–Trinajstić information content (AvgIpc) is 2.44. The topological polar surface area (TPSA) is 75.6 Å². The molecule has 1 aromatic rings. The highest BCUT2D eigenvalue weighted by Crippen LogP contribution is 2.37. The lowest BCUT2D eigenvalue weighted by Gasteiger charge is -2.27. The Kier molecular flexibility index (Phi) is 6.14. The van der Waals surface area contributed by atoms with Crippen molar-refractivity contribution < 1.29 is 32.6 Å². The van der Waals surface area contributed by atoms with Crippen LogP contribution in [0.2, 0.25) is 0 Å². The number of amides is 1. The van der Waals surface area contributed by atoms with Gasteiger partial charge in [0.2, 0.25) is 5.91 Å². The van der Waals surface area contributed by atoms with E-state index in [0.29, 0.717) is 0 Å². The maximum atomic E-state index is 13.2. The Labute approximate surface area is 131 Å². The lowest BCUT2D eigenvalue weighted by Crippen LogP contribution is -2.55. The second kappa shape index (κ2) is 7.45. The van der Waals surface area contributed by atoms with E-state index in [2.05, 4.69) is 5.32 Å². The summed E-state index contributed by atoms with van der Waals surface area (Å²) in [6, 6.07) is 7.00. The van der Waals surface area contributed by atoms with Gasteiger partial charge in [0.15, 0.2) is 5.54 Å². The predicted molar refractivity (Wildman–Crippen MR) is 75.9 cm³/mol. The maximum Gasteiger partial charge on any atom is 0.396 e. The minimum absolute atomic E-state index is 0.0566. The number of carbonyl (C=O) groups excluding carboxylic acids is 1. The van der Waals surface area contributed by atoms with Gasteiger partial charge in [0.1, 0.15) is 0 Å². The van der Waals surface area contributed by atoms with Gasteiger partial charge in [0, 0.05) is 13.5 Å². The summed E-state index contributed by atoms with van der Waals surface area (Å²) in [4.78, 5) is 23.1. The fourth-order valence-corrected chi connectivity index (χ4v) is 2.09. The molecule has 5 nitrogen and oxygen atoms in total. The Hall–Kier alpha value is -2.09. The number of alkyl halides is 3. The zero-order valence-electron chi connectivity index (χ0n) is 12.7. The van der Waals surface area contributed by atoms with Crippen LogP contribution in [0, 0.1) is 0 Å². The van der Waals surface area contributed by atoms with E-state index in [1.54, 1.807) is 6.07 Å². The van der Waals surface area contributed by atoms with Crippen molar-refractivity contribution in [2.24, 2.45) is 0 Å². The minimum atomic E-state index is -4.63. The van der Waals surface area contributed by atoms with Crippen LogP contribution >= 0.6 is 0 Å². The van der Waals surface area contributed by atoms with Crippen LogP contribution in [0.5, 0.6) is 0 Å². The summed E-state index contributed by atoms with van der Waals surface area (Å²) in [5.41, 5.74) is -1.85. The second-order valence-electron chi connectivity index (χ2n) is 5.33. The molecule has 0 heterocycles. The summed E-state index contributed by atoms with van der Waals surface area (Å²) in [5.74, 6) is -4.42. The molecule has 2 atom stereocenters. The summed E-state index contributed by atoms with van der Waals surface area (Å²) >= 11 is 0. The smallest absolute Gasteiger partial charge is 0.396 e. The van der Waals surface area contributed by atoms with Crippen LogP contribution in [-0.2, 0) is 14.3 Å². The number of hydrogen-bond acceptors (Lipinski definition) is 3. The molecular weight excluding hydrogens is 315 g/mol. The van der Waals surface area contributed by atoms with Gasteiger partial charge >= 0.3 is 12.1 Å². The van der Waals surface area contributed by atoms with E-state index < -0.39 is 35.9 Å². The summed E-state index contributed by atoms with van der Waals surface area (Å²) in [5, 5.41) is 11.2. The molecule has 0 aliphatic carbocycles. The molecule has 0 aliphatic heterocycles. The predicted octanol–water partition coefficient (Wildman–Crippen LogP) is 2.33. The molecule has 1 rings (SSSR count).